The van der Waals surface area contributed by atoms with Gasteiger partial charge in [0.05, 0.1) is 0 Å². The predicted octanol–water partition coefficient (Wildman–Crippen LogP) is 2.04. The van der Waals surface area contributed by atoms with E-state index in [0.29, 0.717) is 12.4 Å². The van der Waals surface area contributed by atoms with Gasteiger partial charge >= 0.3 is 0 Å². The molecule has 1 atom stereocenters. The molecule has 0 spiro atoms. The van der Waals surface area contributed by atoms with Gasteiger partial charge in [0.1, 0.15) is 12.9 Å². The van der Waals surface area contributed by atoms with E-state index < -0.39 is 5.82 Å². The van der Waals surface area contributed by atoms with Gasteiger partial charge in [0, 0.05) is 12.6 Å². The van der Waals surface area contributed by atoms with Crippen LogP contribution in [-0.4, -0.2) is 14.8 Å². The topological polar surface area (TPSA) is 66.0 Å². The molecule has 6 heteroatoms. The Labute approximate surface area is 111 Å². The maximum Gasteiger partial charge on any atom is 0.165 e. The molecule has 0 radical (unpaired) electrons. The van der Waals surface area contributed by atoms with Crippen LogP contribution in [0.1, 0.15) is 31.3 Å². The first kappa shape index (κ1) is 13.5. The van der Waals surface area contributed by atoms with Gasteiger partial charge in [-0.15, -0.1) is 0 Å². The number of halogens is 1. The minimum atomic E-state index is -0.419. The first-order valence-electron chi connectivity index (χ1n) is 6.16. The van der Waals surface area contributed by atoms with Gasteiger partial charge in [-0.05, 0) is 31.5 Å². The summed E-state index contributed by atoms with van der Waals surface area (Å²) in [6.07, 6.45) is 1.46. The van der Waals surface area contributed by atoms with Crippen molar-refractivity contribution in [1.29, 1.82) is 0 Å². The van der Waals surface area contributed by atoms with Gasteiger partial charge in [0.15, 0.2) is 17.4 Å². The van der Waals surface area contributed by atoms with Crippen LogP contribution in [0.2, 0.25) is 0 Å². The van der Waals surface area contributed by atoms with Crippen LogP contribution in [0, 0.1) is 5.82 Å². The molecule has 0 saturated heterocycles. The van der Waals surface area contributed by atoms with E-state index in [9.17, 15) is 4.39 Å². The third-order valence-electron chi connectivity index (χ3n) is 2.83. The highest BCUT2D eigenvalue weighted by atomic mass is 19.1. The normalized spacial score (nSPS) is 12.4. The van der Waals surface area contributed by atoms with Crippen molar-refractivity contribution >= 4 is 0 Å². The van der Waals surface area contributed by atoms with Gasteiger partial charge < -0.3 is 10.5 Å². The highest BCUT2D eigenvalue weighted by Crippen LogP contribution is 2.21. The standard InChI is InChI=1S/C13H17FN4O/c1-3-18-13(16-8-17-18)7-19-12-5-4-10(9(2)15)6-11(12)14/h4-6,8-9H,3,7,15H2,1-2H3/t9-/m0/s1. The Balaban J connectivity index is 2.08. The molecule has 2 aromatic rings. The fourth-order valence-electron chi connectivity index (χ4n) is 1.72. The summed E-state index contributed by atoms with van der Waals surface area (Å²) in [5, 5.41) is 4.02. The number of ether oxygens (including phenoxy) is 1. The summed E-state index contributed by atoms with van der Waals surface area (Å²) in [6.45, 7) is 4.64. The van der Waals surface area contributed by atoms with Gasteiger partial charge in [-0.1, -0.05) is 6.07 Å². The lowest BCUT2D eigenvalue weighted by Gasteiger charge is -2.10. The fourth-order valence-corrected chi connectivity index (χ4v) is 1.72. The summed E-state index contributed by atoms with van der Waals surface area (Å²) in [5.41, 5.74) is 6.43. The van der Waals surface area contributed by atoms with Gasteiger partial charge in [-0.3, -0.25) is 0 Å². The number of aromatic nitrogens is 3. The van der Waals surface area contributed by atoms with Crippen molar-refractivity contribution < 1.29 is 9.13 Å². The molecule has 0 aliphatic rings. The van der Waals surface area contributed by atoms with Crippen LogP contribution in [0.3, 0.4) is 0 Å². The third-order valence-corrected chi connectivity index (χ3v) is 2.83. The summed E-state index contributed by atoms with van der Waals surface area (Å²) in [4.78, 5) is 4.06. The lowest BCUT2D eigenvalue weighted by molar-refractivity contribution is 0.273. The predicted molar refractivity (Wildman–Crippen MR) is 69.0 cm³/mol. The molecule has 1 aromatic carbocycles. The van der Waals surface area contributed by atoms with Gasteiger partial charge in [-0.25, -0.2) is 14.1 Å². The SMILES string of the molecule is CCn1ncnc1COc1ccc([C@H](C)N)cc1F. The van der Waals surface area contributed by atoms with E-state index in [1.165, 1.54) is 12.4 Å². The number of hydrogen-bond donors (Lipinski definition) is 1. The number of benzene rings is 1. The van der Waals surface area contributed by atoms with Crippen LogP contribution >= 0.6 is 0 Å². The second kappa shape index (κ2) is 5.79. The first-order valence-corrected chi connectivity index (χ1v) is 6.16. The molecule has 102 valence electrons. The molecule has 19 heavy (non-hydrogen) atoms. The molecular weight excluding hydrogens is 247 g/mol. The summed E-state index contributed by atoms with van der Waals surface area (Å²) in [7, 11) is 0. The van der Waals surface area contributed by atoms with E-state index in [-0.39, 0.29) is 18.4 Å². The van der Waals surface area contributed by atoms with Crippen molar-refractivity contribution in [3.05, 3.63) is 41.7 Å². The molecule has 5 nitrogen and oxygen atoms in total. The lowest BCUT2D eigenvalue weighted by Crippen LogP contribution is -2.09. The maximum atomic E-state index is 13.8. The first-order chi connectivity index (χ1) is 9.11. The lowest BCUT2D eigenvalue weighted by atomic mass is 10.1. The van der Waals surface area contributed by atoms with Crippen LogP contribution in [0.4, 0.5) is 4.39 Å². The molecule has 2 rings (SSSR count). The van der Waals surface area contributed by atoms with Crippen molar-refractivity contribution in [2.45, 2.75) is 33.0 Å². The quantitative estimate of drug-likeness (QED) is 0.897. The molecular formula is C13H17FN4O. The van der Waals surface area contributed by atoms with Crippen LogP contribution < -0.4 is 10.5 Å². The Morgan fingerprint density at radius 2 is 2.26 bits per heavy atom. The number of nitrogens with zero attached hydrogens (tertiary/aromatic N) is 3. The Morgan fingerprint density at radius 1 is 1.47 bits per heavy atom. The highest BCUT2D eigenvalue weighted by molar-refractivity contribution is 5.30. The minimum absolute atomic E-state index is 0.183. The highest BCUT2D eigenvalue weighted by Gasteiger charge is 2.09. The molecule has 0 aliphatic carbocycles. The second-order valence-corrected chi connectivity index (χ2v) is 4.26. The Hall–Kier alpha value is -1.95. The Kier molecular flexibility index (Phi) is 4.11. The van der Waals surface area contributed by atoms with E-state index >= 15 is 0 Å². The zero-order valence-electron chi connectivity index (χ0n) is 11.0. The van der Waals surface area contributed by atoms with Crippen molar-refractivity contribution in [3.63, 3.8) is 0 Å². The van der Waals surface area contributed by atoms with Gasteiger partial charge in [0.25, 0.3) is 0 Å². The average Bonchev–Trinajstić information content (AvgIpc) is 2.84. The van der Waals surface area contributed by atoms with Crippen LogP contribution in [-0.2, 0) is 13.2 Å². The molecule has 2 N–H and O–H groups in total. The molecule has 0 bridgehead atoms. The fraction of sp³-hybridized carbons (Fsp3) is 0.385. The van der Waals surface area contributed by atoms with Crippen molar-refractivity contribution in [3.8, 4) is 5.75 Å². The molecule has 0 amide bonds. The molecule has 0 aliphatic heterocycles. The number of nitrogens with two attached hydrogens (primary N) is 1. The third kappa shape index (κ3) is 3.08. The average molecular weight is 264 g/mol. The molecule has 1 heterocycles. The molecule has 1 aromatic heterocycles. The summed E-state index contributed by atoms with van der Waals surface area (Å²) in [5.74, 6) is 0.436. The van der Waals surface area contributed by atoms with Gasteiger partial charge in [0.2, 0.25) is 0 Å². The largest absolute Gasteiger partial charge is 0.483 e. The van der Waals surface area contributed by atoms with E-state index in [1.54, 1.807) is 23.7 Å². The van der Waals surface area contributed by atoms with Crippen LogP contribution in [0.5, 0.6) is 5.75 Å². The van der Waals surface area contributed by atoms with Crippen molar-refractivity contribution in [1.82, 2.24) is 14.8 Å². The summed E-state index contributed by atoms with van der Waals surface area (Å²) >= 11 is 0. The van der Waals surface area contributed by atoms with E-state index in [4.69, 9.17) is 10.5 Å². The minimum Gasteiger partial charge on any atom is -0.483 e. The zero-order chi connectivity index (χ0) is 13.8. The van der Waals surface area contributed by atoms with Crippen molar-refractivity contribution in [2.24, 2.45) is 5.73 Å². The van der Waals surface area contributed by atoms with Crippen LogP contribution in [0.25, 0.3) is 0 Å². The Morgan fingerprint density at radius 3 is 2.89 bits per heavy atom. The zero-order valence-corrected chi connectivity index (χ0v) is 11.0. The van der Waals surface area contributed by atoms with Gasteiger partial charge in [-0.2, -0.15) is 5.10 Å². The van der Waals surface area contributed by atoms with E-state index in [1.807, 2.05) is 6.92 Å². The monoisotopic (exact) mass is 264 g/mol. The summed E-state index contributed by atoms with van der Waals surface area (Å²) in [6, 6.07) is 4.53. The molecule has 0 fully saturated rings. The number of rotatable bonds is 5. The second-order valence-electron chi connectivity index (χ2n) is 4.26. The number of aryl methyl sites for hydroxylation is 1. The Bertz CT molecular complexity index is 553. The van der Waals surface area contributed by atoms with Crippen LogP contribution in [0.15, 0.2) is 24.5 Å². The smallest absolute Gasteiger partial charge is 0.165 e. The van der Waals surface area contributed by atoms with Crippen molar-refractivity contribution in [2.75, 3.05) is 0 Å². The summed E-state index contributed by atoms with van der Waals surface area (Å²) < 4.78 is 20.9. The molecule has 0 unspecified atom stereocenters. The van der Waals surface area contributed by atoms with E-state index in [2.05, 4.69) is 10.1 Å². The number of hydrogen-bond acceptors (Lipinski definition) is 4. The van der Waals surface area contributed by atoms with E-state index in [0.717, 1.165) is 5.56 Å². The maximum absolute atomic E-state index is 13.8. The molecule has 0 saturated carbocycles.